The van der Waals surface area contributed by atoms with Crippen molar-refractivity contribution >= 4 is 16.9 Å². The van der Waals surface area contributed by atoms with Crippen molar-refractivity contribution in [1.82, 2.24) is 15.2 Å². The topological polar surface area (TPSA) is 68.4 Å². The molecule has 0 radical (unpaired) electrons. The summed E-state index contributed by atoms with van der Waals surface area (Å²) in [5.41, 5.74) is 2.04. The lowest BCUT2D eigenvalue weighted by Gasteiger charge is -2.21. The highest BCUT2D eigenvalue weighted by Gasteiger charge is 2.11. The van der Waals surface area contributed by atoms with Gasteiger partial charge in [0.1, 0.15) is 0 Å². The molecule has 0 aliphatic rings. The normalized spacial score (nSPS) is 10.7. The van der Waals surface area contributed by atoms with Crippen LogP contribution in [0.5, 0.6) is 0 Å². The maximum atomic E-state index is 12.0. The number of hydrogen-bond donors (Lipinski definition) is 3. The van der Waals surface area contributed by atoms with Crippen LogP contribution < -0.4 is 5.32 Å². The van der Waals surface area contributed by atoms with Gasteiger partial charge in [0.15, 0.2) is 0 Å². The van der Waals surface area contributed by atoms with Crippen molar-refractivity contribution in [1.29, 1.82) is 0 Å². The quantitative estimate of drug-likeness (QED) is 0.755. The number of nitrogens with one attached hydrogen (secondary N) is 2. The molecule has 0 spiro atoms. The molecule has 0 fully saturated rings. The molecule has 0 bridgehead atoms. The van der Waals surface area contributed by atoms with E-state index in [1.165, 1.54) is 0 Å². The third-order valence-electron chi connectivity index (χ3n) is 3.17. The van der Waals surface area contributed by atoms with Crippen LogP contribution in [0.4, 0.5) is 4.79 Å². The number of carbonyl (C=O) groups excluding carboxylic acids is 1. The van der Waals surface area contributed by atoms with Crippen LogP contribution in [-0.4, -0.2) is 40.7 Å². The van der Waals surface area contributed by atoms with Crippen molar-refractivity contribution in [3.8, 4) is 0 Å². The minimum Gasteiger partial charge on any atom is -0.395 e. The Bertz CT molecular complexity index is 526. The predicted octanol–water partition coefficient (Wildman–Crippen LogP) is 2.08. The lowest BCUT2D eigenvalue weighted by Crippen LogP contribution is -2.41. The second-order valence-corrected chi connectivity index (χ2v) is 4.75. The minimum atomic E-state index is -0.139. The van der Waals surface area contributed by atoms with Crippen LogP contribution in [0.2, 0.25) is 0 Å². The number of para-hydroxylation sites is 1. The van der Waals surface area contributed by atoms with E-state index in [0.29, 0.717) is 19.6 Å². The number of urea groups is 1. The number of H-pyrrole nitrogens is 1. The van der Waals surface area contributed by atoms with E-state index < -0.39 is 0 Å². The molecule has 0 saturated heterocycles. The van der Waals surface area contributed by atoms with Gasteiger partial charge in [-0.3, -0.25) is 0 Å². The SMILES string of the molecule is CCCN(CCO)C(=O)NCc1cc2ccccc2[nH]1. The number of fused-ring (bicyclic) bond motifs is 1. The highest BCUT2D eigenvalue weighted by atomic mass is 16.3. The third-order valence-corrected chi connectivity index (χ3v) is 3.17. The molecular weight excluding hydrogens is 254 g/mol. The third kappa shape index (κ3) is 3.51. The average Bonchev–Trinajstić information content (AvgIpc) is 2.87. The molecule has 20 heavy (non-hydrogen) atoms. The number of carbonyl (C=O) groups is 1. The molecule has 0 aliphatic heterocycles. The van der Waals surface area contributed by atoms with E-state index in [2.05, 4.69) is 10.3 Å². The number of rotatable bonds is 6. The number of hydrogen-bond acceptors (Lipinski definition) is 2. The van der Waals surface area contributed by atoms with E-state index >= 15 is 0 Å². The van der Waals surface area contributed by atoms with Gasteiger partial charge in [0, 0.05) is 24.3 Å². The fraction of sp³-hybridized carbons (Fsp3) is 0.400. The van der Waals surface area contributed by atoms with Crippen LogP contribution in [0, 0.1) is 0 Å². The van der Waals surface area contributed by atoms with Crippen LogP contribution in [0.15, 0.2) is 30.3 Å². The van der Waals surface area contributed by atoms with Crippen LogP contribution in [-0.2, 0) is 6.54 Å². The first kappa shape index (κ1) is 14.4. The Morgan fingerprint density at radius 2 is 2.15 bits per heavy atom. The highest BCUT2D eigenvalue weighted by Crippen LogP contribution is 2.14. The zero-order valence-electron chi connectivity index (χ0n) is 11.7. The molecule has 1 aromatic carbocycles. The average molecular weight is 275 g/mol. The minimum absolute atomic E-state index is 0.0141. The zero-order chi connectivity index (χ0) is 14.4. The summed E-state index contributed by atoms with van der Waals surface area (Å²) in [6.45, 7) is 3.47. The predicted molar refractivity (Wildman–Crippen MR) is 79.5 cm³/mol. The number of nitrogens with zero attached hydrogens (tertiary/aromatic N) is 1. The Kier molecular flexibility index (Phi) is 5.01. The summed E-state index contributed by atoms with van der Waals surface area (Å²) in [7, 11) is 0. The Balaban J connectivity index is 1.94. The van der Waals surface area contributed by atoms with Crippen molar-refractivity contribution in [2.45, 2.75) is 19.9 Å². The molecule has 0 unspecified atom stereocenters. The molecule has 1 heterocycles. The summed E-state index contributed by atoms with van der Waals surface area (Å²) in [5, 5.41) is 13.0. The molecule has 0 atom stereocenters. The number of aliphatic hydroxyl groups excluding tert-OH is 1. The van der Waals surface area contributed by atoms with Gasteiger partial charge in [-0.25, -0.2) is 4.79 Å². The molecule has 2 aromatic rings. The van der Waals surface area contributed by atoms with Gasteiger partial charge < -0.3 is 20.3 Å². The zero-order valence-corrected chi connectivity index (χ0v) is 11.7. The molecule has 2 amide bonds. The Morgan fingerprint density at radius 1 is 1.35 bits per heavy atom. The molecule has 108 valence electrons. The smallest absolute Gasteiger partial charge is 0.317 e. The van der Waals surface area contributed by atoms with Gasteiger partial charge in [-0.1, -0.05) is 25.1 Å². The van der Waals surface area contributed by atoms with Crippen molar-refractivity contribution in [3.63, 3.8) is 0 Å². The van der Waals surface area contributed by atoms with Gasteiger partial charge in [0.05, 0.1) is 13.2 Å². The van der Waals surface area contributed by atoms with Crippen LogP contribution in [0.1, 0.15) is 19.0 Å². The molecule has 1 aromatic heterocycles. The van der Waals surface area contributed by atoms with E-state index in [1.807, 2.05) is 37.3 Å². The number of amides is 2. The maximum absolute atomic E-state index is 12.0. The molecule has 3 N–H and O–H groups in total. The summed E-state index contributed by atoms with van der Waals surface area (Å²) in [5.74, 6) is 0. The maximum Gasteiger partial charge on any atom is 0.317 e. The fourth-order valence-electron chi connectivity index (χ4n) is 2.22. The number of aliphatic hydroxyl groups is 1. The van der Waals surface area contributed by atoms with Gasteiger partial charge in [-0.15, -0.1) is 0 Å². The van der Waals surface area contributed by atoms with Crippen molar-refractivity contribution in [3.05, 3.63) is 36.0 Å². The highest BCUT2D eigenvalue weighted by molar-refractivity contribution is 5.80. The number of aromatic amines is 1. The van der Waals surface area contributed by atoms with Gasteiger partial charge in [-0.2, -0.15) is 0 Å². The van der Waals surface area contributed by atoms with E-state index in [-0.39, 0.29) is 12.6 Å². The molecule has 5 nitrogen and oxygen atoms in total. The standard InChI is InChI=1S/C15H21N3O2/c1-2-7-18(8-9-19)15(20)16-11-13-10-12-5-3-4-6-14(12)17-13/h3-6,10,17,19H,2,7-9,11H2,1H3,(H,16,20). The molecule has 0 saturated carbocycles. The summed E-state index contributed by atoms with van der Waals surface area (Å²) in [4.78, 5) is 16.9. The van der Waals surface area contributed by atoms with Crippen molar-refractivity contribution in [2.24, 2.45) is 0 Å². The first-order valence-corrected chi connectivity index (χ1v) is 6.95. The van der Waals surface area contributed by atoms with Crippen LogP contribution in [0.25, 0.3) is 10.9 Å². The first-order valence-electron chi connectivity index (χ1n) is 6.95. The van der Waals surface area contributed by atoms with Crippen LogP contribution in [0.3, 0.4) is 0 Å². The van der Waals surface area contributed by atoms with E-state index in [1.54, 1.807) is 4.90 Å². The van der Waals surface area contributed by atoms with Gasteiger partial charge in [-0.05, 0) is 23.9 Å². The van der Waals surface area contributed by atoms with Gasteiger partial charge in [0.2, 0.25) is 0 Å². The summed E-state index contributed by atoms with van der Waals surface area (Å²) < 4.78 is 0. The number of aromatic nitrogens is 1. The van der Waals surface area contributed by atoms with Crippen molar-refractivity contribution < 1.29 is 9.90 Å². The molecule has 0 aliphatic carbocycles. The monoisotopic (exact) mass is 275 g/mol. The Hall–Kier alpha value is -2.01. The Morgan fingerprint density at radius 3 is 2.85 bits per heavy atom. The second-order valence-electron chi connectivity index (χ2n) is 4.75. The van der Waals surface area contributed by atoms with Gasteiger partial charge in [0.25, 0.3) is 0 Å². The van der Waals surface area contributed by atoms with E-state index in [4.69, 9.17) is 5.11 Å². The molecule has 5 heteroatoms. The Labute approximate surface area is 118 Å². The largest absolute Gasteiger partial charge is 0.395 e. The molecule has 2 rings (SSSR count). The first-order chi connectivity index (χ1) is 9.74. The lowest BCUT2D eigenvalue weighted by atomic mass is 10.2. The molecular formula is C15H21N3O2. The lowest BCUT2D eigenvalue weighted by molar-refractivity contribution is 0.177. The summed E-state index contributed by atoms with van der Waals surface area (Å²) >= 11 is 0. The summed E-state index contributed by atoms with van der Waals surface area (Å²) in [6, 6.07) is 9.90. The van der Waals surface area contributed by atoms with E-state index in [9.17, 15) is 4.79 Å². The number of benzene rings is 1. The van der Waals surface area contributed by atoms with E-state index in [0.717, 1.165) is 23.0 Å². The van der Waals surface area contributed by atoms with Crippen LogP contribution >= 0.6 is 0 Å². The van der Waals surface area contributed by atoms with Gasteiger partial charge >= 0.3 is 6.03 Å². The summed E-state index contributed by atoms with van der Waals surface area (Å²) in [6.07, 6.45) is 0.875. The fourth-order valence-corrected chi connectivity index (χ4v) is 2.22. The van der Waals surface area contributed by atoms with Crippen molar-refractivity contribution in [2.75, 3.05) is 19.7 Å². The second kappa shape index (κ2) is 6.96.